The Kier molecular flexibility index (Phi) is 3.75. The van der Waals surface area contributed by atoms with Crippen LogP contribution in [0, 0.1) is 5.41 Å². The van der Waals surface area contributed by atoms with Gasteiger partial charge in [-0.3, -0.25) is 4.84 Å². The van der Waals surface area contributed by atoms with Crippen molar-refractivity contribution in [2.24, 2.45) is 10.6 Å². The quantitative estimate of drug-likeness (QED) is 0.491. The highest BCUT2D eigenvalue weighted by molar-refractivity contribution is 5.81. The Hall–Kier alpha value is -0.740. The van der Waals surface area contributed by atoms with Gasteiger partial charge >= 0.3 is 6.36 Å². The first kappa shape index (κ1) is 12.3. The maximum Gasteiger partial charge on any atom is 0.593 e. The zero-order chi connectivity index (χ0) is 10.7. The second-order valence-corrected chi connectivity index (χ2v) is 4.10. The van der Waals surface area contributed by atoms with Crippen LogP contribution in [0.15, 0.2) is 5.16 Å². The van der Waals surface area contributed by atoms with Crippen molar-refractivity contribution in [1.82, 2.24) is 0 Å². The number of nitrogens with zero attached hydrogens (tertiary/aromatic N) is 1. The van der Waals surface area contributed by atoms with Crippen LogP contribution in [-0.2, 0) is 4.84 Å². The molecule has 5 heteroatoms. The molecule has 0 aliphatic heterocycles. The van der Waals surface area contributed by atoms with E-state index < -0.39 is 6.36 Å². The number of hydrogen-bond donors (Lipinski definition) is 0. The summed E-state index contributed by atoms with van der Waals surface area (Å²) in [5.74, 6) is 0. The molecule has 0 aromatic rings. The van der Waals surface area contributed by atoms with Gasteiger partial charge in [-0.2, -0.15) is 0 Å². The van der Waals surface area contributed by atoms with Gasteiger partial charge in [0.2, 0.25) is 0 Å². The third-order valence-electron chi connectivity index (χ3n) is 1.09. The predicted octanol–water partition coefficient (Wildman–Crippen LogP) is 3.33. The topological polar surface area (TPSA) is 21.6 Å². The fraction of sp³-hybridized carbons (Fsp3) is 0.875. The Labute approximate surface area is 75.8 Å². The van der Waals surface area contributed by atoms with E-state index >= 15 is 0 Å². The molecule has 0 rings (SSSR count). The van der Waals surface area contributed by atoms with Gasteiger partial charge < -0.3 is 0 Å². The van der Waals surface area contributed by atoms with Crippen molar-refractivity contribution in [3.05, 3.63) is 0 Å². The molecule has 0 atom stereocenters. The Balaban J connectivity index is 4.05. The molecule has 0 saturated carbocycles. The Morgan fingerprint density at radius 1 is 1.23 bits per heavy atom. The first-order valence-electron chi connectivity index (χ1n) is 3.88. The van der Waals surface area contributed by atoms with Crippen molar-refractivity contribution in [1.29, 1.82) is 0 Å². The van der Waals surface area contributed by atoms with Crippen LogP contribution in [0.3, 0.4) is 0 Å². The molecule has 0 saturated heterocycles. The molecule has 0 aliphatic rings. The summed E-state index contributed by atoms with van der Waals surface area (Å²) >= 11 is 0. The summed E-state index contributed by atoms with van der Waals surface area (Å²) in [7, 11) is 0. The molecule has 0 amide bonds. The van der Waals surface area contributed by atoms with E-state index in [1.165, 1.54) is 6.92 Å². The highest BCUT2D eigenvalue weighted by atomic mass is 19.4. The molecule has 0 radical (unpaired) electrons. The van der Waals surface area contributed by atoms with E-state index in [0.29, 0.717) is 12.1 Å². The Morgan fingerprint density at radius 3 is 2.00 bits per heavy atom. The van der Waals surface area contributed by atoms with Gasteiger partial charge in [0.05, 0.1) is 5.71 Å². The normalized spacial score (nSPS) is 14.5. The van der Waals surface area contributed by atoms with Gasteiger partial charge in [-0.05, 0) is 18.8 Å². The van der Waals surface area contributed by atoms with E-state index in [4.69, 9.17) is 0 Å². The molecule has 0 unspecified atom stereocenters. The van der Waals surface area contributed by atoms with Crippen molar-refractivity contribution in [3.63, 3.8) is 0 Å². The van der Waals surface area contributed by atoms with Crippen molar-refractivity contribution < 1.29 is 18.0 Å². The monoisotopic (exact) mass is 197 g/mol. The second kappa shape index (κ2) is 3.98. The van der Waals surface area contributed by atoms with E-state index in [1.54, 1.807) is 0 Å². The molecular weight excluding hydrogens is 183 g/mol. The maximum atomic E-state index is 11.5. The summed E-state index contributed by atoms with van der Waals surface area (Å²) in [4.78, 5) is 3.32. The maximum absolute atomic E-state index is 11.5. The van der Waals surface area contributed by atoms with Gasteiger partial charge in [0.25, 0.3) is 0 Å². The lowest BCUT2D eigenvalue weighted by Crippen LogP contribution is -2.14. The molecule has 78 valence electrons. The lowest BCUT2D eigenvalue weighted by atomic mass is 9.90. The molecule has 0 heterocycles. The van der Waals surface area contributed by atoms with Gasteiger partial charge in [0, 0.05) is 0 Å². The van der Waals surface area contributed by atoms with Crippen molar-refractivity contribution >= 4 is 5.71 Å². The SMILES string of the molecule is CC(CC(C)(C)C)=NOC(F)(F)F. The number of rotatable bonds is 2. The molecule has 0 aromatic carbocycles. The van der Waals surface area contributed by atoms with Crippen LogP contribution in [0.2, 0.25) is 0 Å². The summed E-state index contributed by atoms with van der Waals surface area (Å²) in [5, 5.41) is 2.97. The largest absolute Gasteiger partial charge is 0.593 e. The van der Waals surface area contributed by atoms with Crippen LogP contribution in [0.25, 0.3) is 0 Å². The van der Waals surface area contributed by atoms with Crippen LogP contribution in [0.1, 0.15) is 34.1 Å². The van der Waals surface area contributed by atoms with Gasteiger partial charge in [0.15, 0.2) is 0 Å². The van der Waals surface area contributed by atoms with Gasteiger partial charge in [-0.1, -0.05) is 25.9 Å². The van der Waals surface area contributed by atoms with Crippen molar-refractivity contribution in [2.75, 3.05) is 0 Å². The highest BCUT2D eigenvalue weighted by Gasteiger charge is 2.31. The number of hydrogen-bond acceptors (Lipinski definition) is 2. The van der Waals surface area contributed by atoms with E-state index in [0.717, 1.165) is 0 Å². The fourth-order valence-corrected chi connectivity index (χ4v) is 0.929. The minimum Gasteiger partial charge on any atom is -0.294 e. The Bertz CT molecular complexity index is 191. The van der Waals surface area contributed by atoms with Gasteiger partial charge in [0.1, 0.15) is 0 Å². The summed E-state index contributed by atoms with van der Waals surface area (Å²) in [6.07, 6.45) is -4.21. The molecule has 13 heavy (non-hydrogen) atoms. The molecule has 0 aliphatic carbocycles. The summed E-state index contributed by atoms with van der Waals surface area (Å²) in [6.45, 7) is 7.26. The number of oxime groups is 1. The van der Waals surface area contributed by atoms with E-state index in [-0.39, 0.29) is 5.41 Å². The van der Waals surface area contributed by atoms with Crippen molar-refractivity contribution in [2.45, 2.75) is 40.5 Å². The molecule has 0 aromatic heterocycles. The van der Waals surface area contributed by atoms with Crippen LogP contribution < -0.4 is 0 Å². The third kappa shape index (κ3) is 9.17. The van der Waals surface area contributed by atoms with E-state index in [2.05, 4.69) is 9.99 Å². The average Bonchev–Trinajstić information content (AvgIpc) is 1.78. The lowest BCUT2D eigenvalue weighted by Gasteiger charge is -2.17. The predicted molar refractivity (Wildman–Crippen MR) is 44.3 cm³/mol. The van der Waals surface area contributed by atoms with Crippen LogP contribution in [0.4, 0.5) is 13.2 Å². The zero-order valence-corrected chi connectivity index (χ0v) is 8.20. The van der Waals surface area contributed by atoms with Crippen LogP contribution in [-0.4, -0.2) is 12.1 Å². The second-order valence-electron chi connectivity index (χ2n) is 4.10. The summed E-state index contributed by atoms with van der Waals surface area (Å²) in [6, 6.07) is 0. The Morgan fingerprint density at radius 2 is 1.69 bits per heavy atom. The number of alkyl halides is 3. The minimum absolute atomic E-state index is 0.0808. The van der Waals surface area contributed by atoms with Gasteiger partial charge in [-0.15, -0.1) is 13.2 Å². The van der Waals surface area contributed by atoms with E-state index in [9.17, 15) is 13.2 Å². The first-order valence-corrected chi connectivity index (χ1v) is 3.88. The first-order chi connectivity index (χ1) is 5.60. The molecule has 2 nitrogen and oxygen atoms in total. The fourth-order valence-electron chi connectivity index (χ4n) is 0.929. The molecule has 0 N–H and O–H groups in total. The minimum atomic E-state index is -4.68. The zero-order valence-electron chi connectivity index (χ0n) is 8.20. The third-order valence-corrected chi connectivity index (χ3v) is 1.09. The highest BCUT2D eigenvalue weighted by Crippen LogP contribution is 2.21. The molecule has 0 bridgehead atoms. The van der Waals surface area contributed by atoms with Crippen LogP contribution in [0.5, 0.6) is 0 Å². The average molecular weight is 197 g/mol. The smallest absolute Gasteiger partial charge is 0.294 e. The molecular formula is C8H14F3NO. The van der Waals surface area contributed by atoms with Crippen LogP contribution >= 0.6 is 0 Å². The number of halogens is 3. The van der Waals surface area contributed by atoms with Crippen molar-refractivity contribution in [3.8, 4) is 0 Å². The molecule has 0 fully saturated rings. The summed E-state index contributed by atoms with van der Waals surface area (Å²) < 4.78 is 34.6. The molecule has 0 spiro atoms. The summed E-state index contributed by atoms with van der Waals surface area (Å²) in [5.41, 5.74) is 0.257. The van der Waals surface area contributed by atoms with Gasteiger partial charge in [-0.25, -0.2) is 0 Å². The standard InChI is InChI=1S/C8H14F3NO/c1-6(5-7(2,3)4)12-13-8(9,10)11/h5H2,1-4H3. The van der Waals surface area contributed by atoms with E-state index in [1.807, 2.05) is 20.8 Å². The lowest BCUT2D eigenvalue weighted by molar-refractivity contribution is -0.325.